The Morgan fingerprint density at radius 1 is 1.05 bits per heavy atom. The van der Waals surface area contributed by atoms with Crippen molar-refractivity contribution in [2.75, 3.05) is 11.9 Å². The Hall–Kier alpha value is -3.10. The molecule has 218 valence electrons. The van der Waals surface area contributed by atoms with E-state index in [2.05, 4.69) is 10.3 Å². The lowest BCUT2D eigenvalue weighted by molar-refractivity contribution is -0.158. The lowest BCUT2D eigenvalue weighted by atomic mass is 9.72. The number of pyridine rings is 1. The van der Waals surface area contributed by atoms with E-state index in [-0.39, 0.29) is 29.9 Å². The molecule has 4 atom stereocenters. The topological polar surface area (TPSA) is 71.5 Å². The number of alkyl halides is 3. The fourth-order valence-electron chi connectivity index (χ4n) is 6.51. The molecule has 4 rings (SSSR count). The minimum Gasteiger partial charge on any atom is -0.464 e. The second-order valence-corrected chi connectivity index (χ2v) is 12.1. The third-order valence-electron chi connectivity index (χ3n) is 8.14. The maximum Gasteiger partial charge on any atom is 0.416 e. The van der Waals surface area contributed by atoms with E-state index < -0.39 is 47.2 Å². The predicted octanol–water partition coefficient (Wildman–Crippen LogP) is 6.95. The van der Waals surface area contributed by atoms with Crippen LogP contribution in [-0.2, 0) is 20.5 Å². The third kappa shape index (κ3) is 6.28. The highest BCUT2D eigenvalue weighted by Crippen LogP contribution is 2.50. The van der Waals surface area contributed by atoms with Crippen LogP contribution in [0.4, 0.5) is 19.0 Å². The van der Waals surface area contributed by atoms with Gasteiger partial charge in [0, 0.05) is 17.5 Å². The van der Waals surface area contributed by atoms with E-state index in [1.54, 1.807) is 11.8 Å². The zero-order valence-corrected chi connectivity index (χ0v) is 23.9. The van der Waals surface area contributed by atoms with Gasteiger partial charge >= 0.3 is 12.1 Å². The summed E-state index contributed by atoms with van der Waals surface area (Å²) in [6, 6.07) is 9.27. The average molecular weight is 560 g/mol. The number of halogens is 3. The van der Waals surface area contributed by atoms with Gasteiger partial charge in [-0.2, -0.15) is 13.2 Å². The first-order valence-corrected chi connectivity index (χ1v) is 14.2. The van der Waals surface area contributed by atoms with Crippen LogP contribution >= 0.6 is 0 Å². The SMILES string of the molecule is CCOC(=O)[C@@H]1[C@@H](C(C)(C)C)[C@H](Nc2cc(C(F)(F)F)cc(C)n2)[C@H](c2ccccc2)N1C(=O)C1CCCCC1. The molecule has 2 aromatic rings. The number of hydrogen-bond donors (Lipinski definition) is 1. The molecule has 2 aliphatic rings. The molecule has 1 aromatic carbocycles. The summed E-state index contributed by atoms with van der Waals surface area (Å²) < 4.78 is 46.7. The number of aromatic nitrogens is 1. The minimum absolute atomic E-state index is 0.0575. The largest absolute Gasteiger partial charge is 0.464 e. The fraction of sp³-hybridized carbons (Fsp3) is 0.581. The normalized spacial score (nSPS) is 24.1. The summed E-state index contributed by atoms with van der Waals surface area (Å²) >= 11 is 0. The maximum absolute atomic E-state index is 14.3. The number of carbonyl (C=O) groups is 2. The number of esters is 1. The first-order chi connectivity index (χ1) is 18.8. The van der Waals surface area contributed by atoms with Crippen LogP contribution in [0.15, 0.2) is 42.5 Å². The molecule has 2 fully saturated rings. The summed E-state index contributed by atoms with van der Waals surface area (Å²) in [7, 11) is 0. The van der Waals surface area contributed by atoms with Gasteiger partial charge in [0.05, 0.1) is 24.3 Å². The van der Waals surface area contributed by atoms with E-state index in [1.807, 2.05) is 51.1 Å². The number of carbonyl (C=O) groups excluding carboxylic acids is 2. The lowest BCUT2D eigenvalue weighted by Crippen LogP contribution is -2.49. The molecular weight excluding hydrogens is 519 g/mol. The van der Waals surface area contributed by atoms with Gasteiger partial charge in [-0.1, -0.05) is 70.4 Å². The molecule has 1 aliphatic heterocycles. The quantitative estimate of drug-likeness (QED) is 0.388. The Bertz CT molecular complexity index is 1190. The summed E-state index contributed by atoms with van der Waals surface area (Å²) in [6.45, 7) is 9.36. The van der Waals surface area contributed by atoms with E-state index in [1.165, 1.54) is 6.92 Å². The smallest absolute Gasteiger partial charge is 0.416 e. The first kappa shape index (κ1) is 29.9. The Morgan fingerprint density at radius 3 is 2.27 bits per heavy atom. The summed E-state index contributed by atoms with van der Waals surface area (Å²) in [6.07, 6.45) is -0.0799. The van der Waals surface area contributed by atoms with Crippen LogP contribution in [0.1, 0.15) is 82.7 Å². The van der Waals surface area contributed by atoms with Crippen LogP contribution in [0.5, 0.6) is 0 Å². The van der Waals surface area contributed by atoms with Crippen molar-refractivity contribution in [3.63, 3.8) is 0 Å². The van der Waals surface area contributed by atoms with Gasteiger partial charge in [-0.15, -0.1) is 0 Å². The van der Waals surface area contributed by atoms with Gasteiger partial charge in [0.25, 0.3) is 0 Å². The molecule has 2 heterocycles. The van der Waals surface area contributed by atoms with Crippen molar-refractivity contribution in [3.05, 3.63) is 59.3 Å². The number of nitrogens with zero attached hydrogens (tertiary/aromatic N) is 2. The highest BCUT2D eigenvalue weighted by Gasteiger charge is 2.59. The van der Waals surface area contributed by atoms with Crippen molar-refractivity contribution < 1.29 is 27.5 Å². The van der Waals surface area contributed by atoms with Crippen molar-refractivity contribution in [1.29, 1.82) is 0 Å². The first-order valence-electron chi connectivity index (χ1n) is 14.2. The lowest BCUT2D eigenvalue weighted by Gasteiger charge is -2.36. The zero-order valence-electron chi connectivity index (χ0n) is 23.9. The number of amides is 1. The highest BCUT2D eigenvalue weighted by atomic mass is 19.4. The van der Waals surface area contributed by atoms with Gasteiger partial charge in [0.15, 0.2) is 0 Å². The molecule has 1 aliphatic carbocycles. The molecule has 0 spiro atoms. The summed E-state index contributed by atoms with van der Waals surface area (Å²) in [5.41, 5.74) is -0.313. The number of likely N-dealkylation sites (tertiary alicyclic amines) is 1. The van der Waals surface area contributed by atoms with Crippen molar-refractivity contribution in [2.24, 2.45) is 17.3 Å². The zero-order chi connectivity index (χ0) is 29.2. The molecule has 0 radical (unpaired) electrons. The minimum atomic E-state index is -4.54. The number of hydrogen-bond acceptors (Lipinski definition) is 5. The number of anilines is 1. The van der Waals surface area contributed by atoms with E-state index >= 15 is 0 Å². The van der Waals surface area contributed by atoms with Gasteiger partial charge in [0.2, 0.25) is 5.91 Å². The van der Waals surface area contributed by atoms with Crippen LogP contribution in [0.2, 0.25) is 0 Å². The Balaban J connectivity index is 1.90. The van der Waals surface area contributed by atoms with Crippen LogP contribution < -0.4 is 5.32 Å². The number of rotatable bonds is 6. The molecule has 1 saturated heterocycles. The summed E-state index contributed by atoms with van der Waals surface area (Å²) in [4.78, 5) is 34.1. The van der Waals surface area contributed by atoms with Crippen LogP contribution in [0.3, 0.4) is 0 Å². The predicted molar refractivity (Wildman–Crippen MR) is 147 cm³/mol. The summed E-state index contributed by atoms with van der Waals surface area (Å²) in [5.74, 6) is -1.24. The molecule has 0 bridgehead atoms. The molecule has 40 heavy (non-hydrogen) atoms. The fourth-order valence-corrected chi connectivity index (χ4v) is 6.51. The van der Waals surface area contributed by atoms with Gasteiger partial charge in [-0.25, -0.2) is 9.78 Å². The van der Waals surface area contributed by atoms with E-state index in [9.17, 15) is 22.8 Å². The standard InChI is InChI=1S/C31H40F3N3O3/c1-6-40-29(39)27-24(30(3,4)5)25(36-23-18-22(31(32,33)34)17-19(2)35-23)26(20-13-9-7-10-14-20)37(27)28(38)21-15-11-8-12-16-21/h7,9-10,13-14,17-18,21,24-27H,6,8,11-12,15-16H2,1-5H3,(H,35,36)/t24-,25-,26-,27-/m0/s1. The molecule has 0 unspecified atom stereocenters. The molecule has 1 amide bonds. The van der Waals surface area contributed by atoms with Crippen molar-refractivity contribution >= 4 is 17.7 Å². The van der Waals surface area contributed by atoms with E-state index in [0.717, 1.165) is 49.8 Å². The molecule has 1 N–H and O–H groups in total. The van der Waals surface area contributed by atoms with Gasteiger partial charge in [-0.3, -0.25) is 4.79 Å². The van der Waals surface area contributed by atoms with Crippen LogP contribution in [0, 0.1) is 24.2 Å². The molecule has 6 nitrogen and oxygen atoms in total. The monoisotopic (exact) mass is 559 g/mol. The van der Waals surface area contributed by atoms with E-state index in [4.69, 9.17) is 4.74 Å². The highest BCUT2D eigenvalue weighted by molar-refractivity contribution is 5.88. The van der Waals surface area contributed by atoms with Crippen molar-refractivity contribution in [1.82, 2.24) is 9.88 Å². The van der Waals surface area contributed by atoms with Crippen LogP contribution in [0.25, 0.3) is 0 Å². The maximum atomic E-state index is 14.3. The van der Waals surface area contributed by atoms with Crippen molar-refractivity contribution in [2.45, 2.75) is 91.0 Å². The third-order valence-corrected chi connectivity index (χ3v) is 8.14. The Labute approximate surface area is 234 Å². The Kier molecular flexibility index (Phi) is 8.80. The van der Waals surface area contributed by atoms with Gasteiger partial charge < -0.3 is 15.0 Å². The second kappa shape index (κ2) is 11.8. The number of ether oxygens (including phenoxy) is 1. The van der Waals surface area contributed by atoms with Crippen LogP contribution in [-0.4, -0.2) is 40.5 Å². The number of aryl methyl sites for hydroxylation is 1. The van der Waals surface area contributed by atoms with Gasteiger partial charge in [0.1, 0.15) is 11.9 Å². The Morgan fingerprint density at radius 2 is 1.70 bits per heavy atom. The van der Waals surface area contributed by atoms with Gasteiger partial charge in [-0.05, 0) is 49.8 Å². The molecule has 1 aromatic heterocycles. The number of nitrogens with one attached hydrogen (secondary N) is 1. The second-order valence-electron chi connectivity index (χ2n) is 12.1. The summed E-state index contributed by atoms with van der Waals surface area (Å²) in [5, 5.41) is 3.30. The van der Waals surface area contributed by atoms with Crippen molar-refractivity contribution in [3.8, 4) is 0 Å². The molecule has 9 heteroatoms. The average Bonchev–Trinajstić information content (AvgIpc) is 3.24. The van der Waals surface area contributed by atoms with E-state index in [0.29, 0.717) is 0 Å². The molecule has 1 saturated carbocycles. The molecular formula is C31H40F3N3O3. The number of benzene rings is 1.